The third kappa shape index (κ3) is 4.94. The summed E-state index contributed by atoms with van der Waals surface area (Å²) in [6.07, 6.45) is 5.12. The average Bonchev–Trinajstić information content (AvgIpc) is 3.55. The number of thioether (sulfide) groups is 1. The highest BCUT2D eigenvalue weighted by Crippen LogP contribution is 2.39. The number of hydrogen-bond donors (Lipinski definition) is 0. The molecule has 0 radical (unpaired) electrons. The van der Waals surface area contributed by atoms with Crippen molar-refractivity contribution in [2.75, 3.05) is 24.9 Å². The summed E-state index contributed by atoms with van der Waals surface area (Å²) in [6, 6.07) is 15.4. The molecule has 2 aromatic carbocycles. The van der Waals surface area contributed by atoms with E-state index in [-0.39, 0.29) is 11.7 Å². The molecule has 0 fully saturated rings. The Bertz CT molecular complexity index is 1650. The van der Waals surface area contributed by atoms with E-state index in [0.717, 1.165) is 40.0 Å². The fourth-order valence-electron chi connectivity index (χ4n) is 5.12. The maximum Gasteiger partial charge on any atom is 0.237 e. The maximum absolute atomic E-state index is 13.6. The molecule has 8 nitrogen and oxygen atoms in total. The molecule has 6 rings (SSSR count). The van der Waals surface area contributed by atoms with Crippen molar-refractivity contribution in [2.45, 2.75) is 37.9 Å². The summed E-state index contributed by atoms with van der Waals surface area (Å²) < 4.78 is 12.8. The largest absolute Gasteiger partial charge is 0.493 e. The molecule has 0 unspecified atom stereocenters. The van der Waals surface area contributed by atoms with Crippen LogP contribution in [0, 0.1) is 5.92 Å². The second-order valence-corrected chi connectivity index (χ2v) is 11.8. The molecule has 1 aliphatic carbocycles. The van der Waals surface area contributed by atoms with Gasteiger partial charge in [0.25, 0.3) is 0 Å². The number of methoxy groups -OCH3 is 2. The summed E-state index contributed by atoms with van der Waals surface area (Å²) in [5.74, 6) is 2.15. The molecule has 0 aliphatic heterocycles. The number of thiophene rings is 1. The van der Waals surface area contributed by atoms with Crippen molar-refractivity contribution >= 4 is 50.6 Å². The molecular weight excluding hydrogens is 530 g/mol. The lowest BCUT2D eigenvalue weighted by atomic mass is 9.89. The monoisotopic (exact) mass is 559 g/mol. The first-order valence-electron chi connectivity index (χ1n) is 12.9. The number of ether oxygens (including phenoxy) is 2. The Balaban J connectivity index is 1.26. The lowest BCUT2D eigenvalue weighted by molar-refractivity contribution is -0.116. The molecule has 200 valence electrons. The van der Waals surface area contributed by atoms with Crippen molar-refractivity contribution in [1.29, 1.82) is 0 Å². The molecule has 1 atom stereocenters. The van der Waals surface area contributed by atoms with Crippen LogP contribution in [0.25, 0.3) is 15.9 Å². The van der Waals surface area contributed by atoms with E-state index >= 15 is 0 Å². The van der Waals surface area contributed by atoms with Gasteiger partial charge in [-0.05, 0) is 60.6 Å². The van der Waals surface area contributed by atoms with Crippen LogP contribution in [0.2, 0.25) is 0 Å². The molecule has 10 heteroatoms. The topological polar surface area (TPSA) is 81.9 Å². The minimum atomic E-state index is -0.0336. The Labute approximate surface area is 235 Å². The summed E-state index contributed by atoms with van der Waals surface area (Å²) in [6.45, 7) is 2.70. The van der Waals surface area contributed by atoms with E-state index in [4.69, 9.17) is 14.5 Å². The highest BCUT2D eigenvalue weighted by molar-refractivity contribution is 7.99. The van der Waals surface area contributed by atoms with Gasteiger partial charge in [-0.25, -0.2) is 4.98 Å². The SMILES string of the molecule is COc1ccc(CN(C(=O)CSc2nnc3c4c5c(sc4ncn23)C[C@H](C)CC5)c2ccccc2)cc1OC. The zero-order valence-corrected chi connectivity index (χ0v) is 23.7. The van der Waals surface area contributed by atoms with Crippen LogP contribution in [0.15, 0.2) is 60.0 Å². The number of hydrogen-bond acceptors (Lipinski definition) is 8. The lowest BCUT2D eigenvalue weighted by Gasteiger charge is -2.23. The van der Waals surface area contributed by atoms with Gasteiger partial charge in [0.1, 0.15) is 11.2 Å². The summed E-state index contributed by atoms with van der Waals surface area (Å²) in [5, 5.41) is 10.8. The van der Waals surface area contributed by atoms with E-state index < -0.39 is 0 Å². The van der Waals surface area contributed by atoms with Crippen LogP contribution in [0.4, 0.5) is 5.69 Å². The fourth-order valence-corrected chi connectivity index (χ4v) is 7.24. The Hall–Kier alpha value is -3.63. The van der Waals surface area contributed by atoms with Crippen molar-refractivity contribution in [1.82, 2.24) is 19.6 Å². The third-order valence-electron chi connectivity index (χ3n) is 7.15. The third-order valence-corrected chi connectivity index (χ3v) is 9.24. The number of carbonyl (C=O) groups excluding carboxylic acids is 1. The van der Waals surface area contributed by atoms with Crippen LogP contribution < -0.4 is 14.4 Å². The summed E-state index contributed by atoms with van der Waals surface area (Å²) in [4.78, 5) is 22.6. The highest BCUT2D eigenvalue weighted by atomic mass is 32.2. The number of anilines is 1. The van der Waals surface area contributed by atoms with E-state index in [0.29, 0.717) is 29.1 Å². The predicted molar refractivity (Wildman–Crippen MR) is 155 cm³/mol. The molecule has 3 aromatic heterocycles. The molecule has 0 spiro atoms. The average molecular weight is 560 g/mol. The van der Waals surface area contributed by atoms with Crippen LogP contribution in [0.5, 0.6) is 11.5 Å². The van der Waals surface area contributed by atoms with E-state index in [2.05, 4.69) is 17.1 Å². The van der Waals surface area contributed by atoms with Gasteiger partial charge < -0.3 is 14.4 Å². The van der Waals surface area contributed by atoms with E-state index in [9.17, 15) is 4.79 Å². The van der Waals surface area contributed by atoms with Crippen molar-refractivity contribution < 1.29 is 14.3 Å². The molecule has 0 saturated carbocycles. The minimum absolute atomic E-state index is 0.0336. The second kappa shape index (κ2) is 10.9. The number of fused-ring (bicyclic) bond motifs is 5. The van der Waals surface area contributed by atoms with Gasteiger partial charge in [0.05, 0.1) is 31.9 Å². The van der Waals surface area contributed by atoms with E-state index in [1.54, 1.807) is 36.8 Å². The lowest BCUT2D eigenvalue weighted by Crippen LogP contribution is -2.32. The Morgan fingerprint density at radius 1 is 1.13 bits per heavy atom. The van der Waals surface area contributed by atoms with Crippen molar-refractivity contribution in [3.05, 3.63) is 70.9 Å². The predicted octanol–water partition coefficient (Wildman–Crippen LogP) is 5.81. The zero-order chi connectivity index (χ0) is 26.9. The van der Waals surface area contributed by atoms with Gasteiger partial charge in [-0.15, -0.1) is 21.5 Å². The van der Waals surface area contributed by atoms with Gasteiger partial charge in [0.15, 0.2) is 22.3 Å². The molecule has 3 heterocycles. The van der Waals surface area contributed by atoms with Gasteiger partial charge in [-0.3, -0.25) is 9.20 Å². The number of aryl methyl sites for hydroxylation is 1. The maximum atomic E-state index is 13.6. The smallest absolute Gasteiger partial charge is 0.237 e. The van der Waals surface area contributed by atoms with Gasteiger partial charge in [-0.2, -0.15) is 0 Å². The number of amides is 1. The second-order valence-electron chi connectivity index (χ2n) is 9.75. The molecular formula is C29H29N5O3S2. The van der Waals surface area contributed by atoms with Crippen LogP contribution in [0.3, 0.4) is 0 Å². The van der Waals surface area contributed by atoms with Crippen LogP contribution in [0.1, 0.15) is 29.3 Å². The number of carbonyl (C=O) groups is 1. The van der Waals surface area contributed by atoms with Crippen molar-refractivity contribution in [3.8, 4) is 11.5 Å². The molecule has 1 amide bonds. The van der Waals surface area contributed by atoms with E-state index in [1.165, 1.54) is 28.6 Å². The van der Waals surface area contributed by atoms with Gasteiger partial charge in [0.2, 0.25) is 5.91 Å². The summed E-state index contributed by atoms with van der Waals surface area (Å²) in [5.41, 5.74) is 3.96. The quantitative estimate of drug-likeness (QED) is 0.222. The Kier molecular flexibility index (Phi) is 7.14. The number of para-hydroxylation sites is 1. The molecule has 0 saturated heterocycles. The molecule has 39 heavy (non-hydrogen) atoms. The van der Waals surface area contributed by atoms with Crippen LogP contribution >= 0.6 is 23.1 Å². The van der Waals surface area contributed by atoms with Gasteiger partial charge in [0, 0.05) is 10.6 Å². The minimum Gasteiger partial charge on any atom is -0.493 e. The number of benzene rings is 2. The standard InChI is InChI=1S/C29H29N5O3S2/c1-18-9-11-21-24(13-18)39-28-26(21)27-31-32-29(34(27)17-30-28)38-16-25(35)33(20-7-5-4-6-8-20)15-19-10-12-22(36-2)23(14-19)37-3/h4-8,10,12,14,17-18H,9,11,13,15-16H2,1-3H3/t18-/m1/s1. The number of nitrogens with zero attached hydrogens (tertiary/aromatic N) is 5. The highest BCUT2D eigenvalue weighted by Gasteiger charge is 2.25. The first-order chi connectivity index (χ1) is 19.1. The number of rotatable bonds is 8. The molecule has 1 aliphatic rings. The first-order valence-corrected chi connectivity index (χ1v) is 14.7. The molecule has 5 aromatic rings. The number of aromatic nitrogens is 4. The molecule has 0 N–H and O–H groups in total. The van der Waals surface area contributed by atoms with Crippen LogP contribution in [-0.2, 0) is 24.2 Å². The van der Waals surface area contributed by atoms with Crippen molar-refractivity contribution in [3.63, 3.8) is 0 Å². The zero-order valence-electron chi connectivity index (χ0n) is 22.1. The normalized spacial score (nSPS) is 14.9. The molecule has 0 bridgehead atoms. The Morgan fingerprint density at radius 3 is 2.74 bits per heavy atom. The van der Waals surface area contributed by atoms with Gasteiger partial charge >= 0.3 is 0 Å². The van der Waals surface area contributed by atoms with Crippen LogP contribution in [-0.4, -0.2) is 45.5 Å². The fraction of sp³-hybridized carbons (Fsp3) is 0.310. The summed E-state index contributed by atoms with van der Waals surface area (Å²) >= 11 is 3.15. The van der Waals surface area contributed by atoms with E-state index in [1.807, 2.05) is 52.9 Å². The van der Waals surface area contributed by atoms with Gasteiger partial charge in [-0.1, -0.05) is 43.0 Å². The Morgan fingerprint density at radius 2 is 1.95 bits per heavy atom. The van der Waals surface area contributed by atoms with Crippen molar-refractivity contribution in [2.24, 2.45) is 5.92 Å². The first kappa shape index (κ1) is 25.6. The summed E-state index contributed by atoms with van der Waals surface area (Å²) in [7, 11) is 3.22.